The van der Waals surface area contributed by atoms with Crippen LogP contribution in [0.2, 0.25) is 0 Å². The number of hydrogen-bond acceptors (Lipinski definition) is 2. The summed E-state index contributed by atoms with van der Waals surface area (Å²) in [5.41, 5.74) is -0.273. The van der Waals surface area contributed by atoms with Gasteiger partial charge in [0.25, 0.3) is 0 Å². The van der Waals surface area contributed by atoms with Gasteiger partial charge in [0.05, 0.1) is 0 Å². The van der Waals surface area contributed by atoms with E-state index in [-0.39, 0.29) is 5.41 Å². The minimum atomic E-state index is -0.273. The fourth-order valence-corrected chi connectivity index (χ4v) is 1.53. The summed E-state index contributed by atoms with van der Waals surface area (Å²) in [7, 11) is 0. The smallest absolute Gasteiger partial charge is 0.205 e. The third kappa shape index (κ3) is 2.62. The quantitative estimate of drug-likeness (QED) is 0.609. The summed E-state index contributed by atoms with van der Waals surface area (Å²) >= 11 is 0. The maximum absolute atomic E-state index is 10.5. The highest BCUT2D eigenvalue weighted by Crippen LogP contribution is 2.17. The molecular formula is C9H16NO. The molecule has 0 saturated carbocycles. The Balaban J connectivity index is 2.33. The fourth-order valence-electron chi connectivity index (χ4n) is 1.53. The molecule has 2 nitrogen and oxygen atoms in total. The van der Waals surface area contributed by atoms with Crippen LogP contribution < -0.4 is 0 Å². The maximum Gasteiger partial charge on any atom is 0.205 e. The van der Waals surface area contributed by atoms with Crippen LogP contribution in [0.15, 0.2) is 0 Å². The lowest BCUT2D eigenvalue weighted by molar-refractivity contribution is 0.259. The van der Waals surface area contributed by atoms with Gasteiger partial charge in [-0.05, 0) is 25.9 Å². The molecule has 1 heterocycles. The average molecular weight is 154 g/mol. The van der Waals surface area contributed by atoms with Crippen LogP contribution in [0.3, 0.4) is 0 Å². The van der Waals surface area contributed by atoms with E-state index in [9.17, 15) is 4.79 Å². The first-order valence-corrected chi connectivity index (χ1v) is 4.26. The summed E-state index contributed by atoms with van der Waals surface area (Å²) in [6.07, 6.45) is 4.65. The molecule has 0 amide bonds. The van der Waals surface area contributed by atoms with E-state index in [1.54, 1.807) is 0 Å². The van der Waals surface area contributed by atoms with Crippen LogP contribution in [-0.2, 0) is 4.79 Å². The summed E-state index contributed by atoms with van der Waals surface area (Å²) in [6.45, 7) is 7.07. The van der Waals surface area contributed by atoms with E-state index in [1.807, 2.05) is 13.8 Å². The van der Waals surface area contributed by atoms with E-state index in [2.05, 4.69) is 11.2 Å². The topological polar surface area (TPSA) is 20.3 Å². The molecule has 1 aliphatic rings. The van der Waals surface area contributed by atoms with E-state index in [0.717, 1.165) is 19.6 Å². The van der Waals surface area contributed by atoms with Gasteiger partial charge in [-0.25, -0.2) is 0 Å². The number of likely N-dealkylation sites (tertiary alicyclic amines) is 1. The summed E-state index contributed by atoms with van der Waals surface area (Å²) in [6, 6.07) is 0. The number of rotatable bonds is 3. The van der Waals surface area contributed by atoms with Gasteiger partial charge >= 0.3 is 0 Å². The molecule has 1 radical (unpaired) electrons. The Hall–Kier alpha value is -0.370. The highest BCUT2D eigenvalue weighted by molar-refractivity contribution is 5.59. The normalized spacial score (nSPS) is 20.5. The lowest BCUT2D eigenvalue weighted by Gasteiger charge is -2.23. The van der Waals surface area contributed by atoms with E-state index in [4.69, 9.17) is 0 Å². The summed E-state index contributed by atoms with van der Waals surface area (Å²) < 4.78 is 0. The Morgan fingerprint density at radius 3 is 2.36 bits per heavy atom. The Bertz CT molecular complexity index is 136. The minimum Gasteiger partial charge on any atom is -0.302 e. The highest BCUT2D eigenvalue weighted by atomic mass is 16.1. The van der Waals surface area contributed by atoms with Crippen LogP contribution >= 0.6 is 0 Å². The second kappa shape index (κ2) is 3.35. The monoisotopic (exact) mass is 154 g/mol. The maximum atomic E-state index is 10.5. The molecule has 63 valence electrons. The molecule has 1 saturated heterocycles. The van der Waals surface area contributed by atoms with E-state index >= 15 is 0 Å². The Morgan fingerprint density at radius 2 is 1.91 bits per heavy atom. The molecule has 0 unspecified atom stereocenters. The van der Waals surface area contributed by atoms with Crippen molar-refractivity contribution in [2.75, 3.05) is 19.6 Å². The van der Waals surface area contributed by atoms with Gasteiger partial charge in [0, 0.05) is 12.0 Å². The molecule has 1 aliphatic heterocycles. The number of carbonyl (C=O) groups excluding carboxylic acids is 1. The molecule has 0 aromatic rings. The van der Waals surface area contributed by atoms with Crippen molar-refractivity contribution in [2.45, 2.75) is 26.7 Å². The van der Waals surface area contributed by atoms with Gasteiger partial charge in [0.1, 0.15) is 0 Å². The lowest BCUT2D eigenvalue weighted by Crippen LogP contribution is -2.33. The van der Waals surface area contributed by atoms with Crippen LogP contribution in [0, 0.1) is 5.41 Å². The largest absolute Gasteiger partial charge is 0.302 e. The predicted molar refractivity (Wildman–Crippen MR) is 45.1 cm³/mol. The lowest BCUT2D eigenvalue weighted by atomic mass is 9.95. The zero-order valence-electron chi connectivity index (χ0n) is 7.39. The molecule has 0 atom stereocenters. The Labute approximate surface area is 68.6 Å². The average Bonchev–Trinajstić information content (AvgIpc) is 2.39. The molecule has 11 heavy (non-hydrogen) atoms. The first-order chi connectivity index (χ1) is 5.14. The Morgan fingerprint density at radius 1 is 1.36 bits per heavy atom. The van der Waals surface area contributed by atoms with Gasteiger partial charge in [-0.15, -0.1) is 0 Å². The fraction of sp³-hybridized carbons (Fsp3) is 0.889. The van der Waals surface area contributed by atoms with Crippen LogP contribution in [-0.4, -0.2) is 30.8 Å². The second-order valence-corrected chi connectivity index (χ2v) is 3.97. The summed E-state index contributed by atoms with van der Waals surface area (Å²) in [5, 5.41) is 0. The first kappa shape index (κ1) is 8.72. The van der Waals surface area contributed by atoms with Crippen LogP contribution in [0.25, 0.3) is 0 Å². The van der Waals surface area contributed by atoms with Gasteiger partial charge in [-0.3, -0.25) is 4.79 Å². The van der Waals surface area contributed by atoms with E-state index in [1.165, 1.54) is 12.8 Å². The van der Waals surface area contributed by atoms with Crippen molar-refractivity contribution < 1.29 is 4.79 Å². The minimum absolute atomic E-state index is 0.273. The zero-order chi connectivity index (χ0) is 8.32. The molecule has 0 N–H and O–H groups in total. The zero-order valence-corrected chi connectivity index (χ0v) is 7.39. The first-order valence-electron chi connectivity index (χ1n) is 4.26. The molecule has 0 aromatic carbocycles. The van der Waals surface area contributed by atoms with Crippen LogP contribution in [0.5, 0.6) is 0 Å². The summed E-state index contributed by atoms with van der Waals surface area (Å²) in [4.78, 5) is 12.8. The molecule has 1 rings (SSSR count). The van der Waals surface area contributed by atoms with Gasteiger partial charge < -0.3 is 4.90 Å². The number of hydrogen-bond donors (Lipinski definition) is 0. The van der Waals surface area contributed by atoms with Gasteiger partial charge in [0.15, 0.2) is 0 Å². The van der Waals surface area contributed by atoms with Crippen LogP contribution in [0.1, 0.15) is 26.7 Å². The van der Waals surface area contributed by atoms with E-state index < -0.39 is 0 Å². The predicted octanol–water partition coefficient (Wildman–Crippen LogP) is 1.22. The van der Waals surface area contributed by atoms with Gasteiger partial charge in [-0.1, -0.05) is 13.8 Å². The van der Waals surface area contributed by atoms with Gasteiger partial charge in [0.2, 0.25) is 6.29 Å². The molecule has 0 spiro atoms. The second-order valence-electron chi connectivity index (χ2n) is 3.97. The van der Waals surface area contributed by atoms with Crippen molar-refractivity contribution in [1.29, 1.82) is 0 Å². The van der Waals surface area contributed by atoms with E-state index in [0.29, 0.717) is 0 Å². The standard InChI is InChI=1S/C9H16NO/c1-9(2,8-11)7-10-5-3-4-6-10/h3-7H2,1-2H3. The van der Waals surface area contributed by atoms with Crippen molar-refractivity contribution in [3.8, 4) is 0 Å². The molecular weight excluding hydrogens is 138 g/mol. The molecule has 0 bridgehead atoms. The third-order valence-corrected chi connectivity index (χ3v) is 2.09. The molecule has 2 heteroatoms. The third-order valence-electron chi connectivity index (χ3n) is 2.09. The van der Waals surface area contributed by atoms with Crippen LogP contribution in [0.4, 0.5) is 0 Å². The molecule has 0 aromatic heterocycles. The Kier molecular flexibility index (Phi) is 2.66. The molecule has 0 aliphatic carbocycles. The highest BCUT2D eigenvalue weighted by Gasteiger charge is 2.23. The van der Waals surface area contributed by atoms with Crippen molar-refractivity contribution in [2.24, 2.45) is 5.41 Å². The summed E-state index contributed by atoms with van der Waals surface area (Å²) in [5.74, 6) is 0. The molecule has 1 fully saturated rings. The van der Waals surface area contributed by atoms with Crippen molar-refractivity contribution >= 4 is 6.29 Å². The SMILES string of the molecule is CC(C)([C]=O)CN1CCCC1. The van der Waals surface area contributed by atoms with Crippen molar-refractivity contribution in [3.05, 3.63) is 0 Å². The van der Waals surface area contributed by atoms with Gasteiger partial charge in [-0.2, -0.15) is 0 Å². The van der Waals surface area contributed by atoms with Crippen molar-refractivity contribution in [1.82, 2.24) is 4.90 Å². The number of nitrogens with zero attached hydrogens (tertiary/aromatic N) is 1. The van der Waals surface area contributed by atoms with Crippen molar-refractivity contribution in [3.63, 3.8) is 0 Å².